The molecule has 31 heavy (non-hydrogen) atoms. The number of hydrogen-bond acceptors (Lipinski definition) is 5. The number of benzene rings is 1. The minimum atomic E-state index is -0.539. The summed E-state index contributed by atoms with van der Waals surface area (Å²) < 4.78 is 15.8. The standard InChI is InChI=1S/C23H18FN5OS/c1-29-13-20(12-28-29)19-8-17(22(25)26-11-19)3-2-15-6-18(9-21(24)7-15)23(30)27-10-16-4-5-31-14-16/h4-9,11-14H,10H2,1H3,(H2,25,26)(H,27,30). The second-order valence-corrected chi connectivity index (χ2v) is 7.63. The fraction of sp³-hybridized carbons (Fsp3) is 0.0870. The molecule has 154 valence electrons. The highest BCUT2D eigenvalue weighted by atomic mass is 32.1. The zero-order chi connectivity index (χ0) is 21.8. The lowest BCUT2D eigenvalue weighted by Crippen LogP contribution is -2.22. The Hall–Kier alpha value is -3.96. The van der Waals surface area contributed by atoms with Crippen LogP contribution in [0.4, 0.5) is 10.2 Å². The zero-order valence-electron chi connectivity index (χ0n) is 16.6. The predicted octanol–water partition coefficient (Wildman–Crippen LogP) is 3.59. The van der Waals surface area contributed by atoms with Crippen molar-refractivity contribution in [3.05, 3.63) is 87.8 Å². The highest BCUT2D eigenvalue weighted by molar-refractivity contribution is 7.07. The van der Waals surface area contributed by atoms with Gasteiger partial charge >= 0.3 is 0 Å². The molecule has 4 rings (SSSR count). The van der Waals surface area contributed by atoms with Gasteiger partial charge in [0.25, 0.3) is 5.91 Å². The van der Waals surface area contributed by atoms with Crippen molar-refractivity contribution in [2.75, 3.05) is 5.73 Å². The first kappa shape index (κ1) is 20.3. The third kappa shape index (κ3) is 4.97. The molecule has 0 saturated carbocycles. The van der Waals surface area contributed by atoms with Crippen LogP contribution in [0.1, 0.15) is 27.0 Å². The van der Waals surface area contributed by atoms with Crippen molar-refractivity contribution < 1.29 is 9.18 Å². The van der Waals surface area contributed by atoms with Crippen molar-refractivity contribution in [3.8, 4) is 23.0 Å². The SMILES string of the molecule is Cn1cc(-c2cnc(N)c(C#Cc3cc(F)cc(C(=O)NCc4ccsc4)c3)c2)cn1. The topological polar surface area (TPSA) is 85.8 Å². The number of carbonyl (C=O) groups excluding carboxylic acids is 1. The van der Waals surface area contributed by atoms with Gasteiger partial charge in [0, 0.05) is 48.2 Å². The van der Waals surface area contributed by atoms with Gasteiger partial charge in [-0.05, 0) is 46.7 Å². The van der Waals surface area contributed by atoms with Gasteiger partial charge in [-0.2, -0.15) is 16.4 Å². The second kappa shape index (κ2) is 8.81. The minimum absolute atomic E-state index is 0.203. The fourth-order valence-corrected chi connectivity index (χ4v) is 3.58. The average Bonchev–Trinajstić information content (AvgIpc) is 3.43. The van der Waals surface area contributed by atoms with Crippen LogP contribution in [0.2, 0.25) is 0 Å². The number of nitrogens with one attached hydrogen (secondary N) is 1. The van der Waals surface area contributed by atoms with Crippen LogP contribution in [0, 0.1) is 17.7 Å². The lowest BCUT2D eigenvalue weighted by Gasteiger charge is -2.05. The average molecular weight is 431 g/mol. The molecule has 4 aromatic rings. The largest absolute Gasteiger partial charge is 0.383 e. The number of nitrogens with zero attached hydrogens (tertiary/aromatic N) is 3. The molecule has 0 atom stereocenters. The third-order valence-corrected chi connectivity index (χ3v) is 5.22. The molecule has 0 radical (unpaired) electrons. The zero-order valence-corrected chi connectivity index (χ0v) is 17.4. The summed E-state index contributed by atoms with van der Waals surface area (Å²) in [6, 6.07) is 7.74. The molecule has 0 aliphatic rings. The van der Waals surface area contributed by atoms with Crippen LogP contribution in [0.25, 0.3) is 11.1 Å². The van der Waals surface area contributed by atoms with E-state index in [0.29, 0.717) is 17.7 Å². The Bertz CT molecular complexity index is 1300. The van der Waals surface area contributed by atoms with Crippen LogP contribution in [0.5, 0.6) is 0 Å². The number of nitrogens with two attached hydrogens (primary N) is 1. The maximum absolute atomic E-state index is 14.1. The Morgan fingerprint density at radius 1 is 1.23 bits per heavy atom. The van der Waals surface area contributed by atoms with Crippen LogP contribution >= 0.6 is 11.3 Å². The van der Waals surface area contributed by atoms with E-state index in [9.17, 15) is 9.18 Å². The number of carbonyl (C=O) groups is 1. The summed E-state index contributed by atoms with van der Waals surface area (Å²) in [5.41, 5.74) is 9.73. The number of aryl methyl sites for hydroxylation is 1. The molecule has 0 aliphatic heterocycles. The van der Waals surface area contributed by atoms with Gasteiger partial charge in [0.1, 0.15) is 11.6 Å². The summed E-state index contributed by atoms with van der Waals surface area (Å²) in [7, 11) is 1.83. The predicted molar refractivity (Wildman–Crippen MR) is 119 cm³/mol. The normalized spacial score (nSPS) is 10.4. The van der Waals surface area contributed by atoms with Gasteiger partial charge in [-0.3, -0.25) is 9.48 Å². The summed E-state index contributed by atoms with van der Waals surface area (Å²) in [6.45, 7) is 0.378. The monoisotopic (exact) mass is 431 g/mol. The van der Waals surface area contributed by atoms with Crippen molar-refractivity contribution in [3.63, 3.8) is 0 Å². The Kier molecular flexibility index (Phi) is 5.78. The number of halogens is 1. The lowest BCUT2D eigenvalue weighted by atomic mass is 10.1. The van der Waals surface area contributed by atoms with E-state index < -0.39 is 5.82 Å². The number of anilines is 1. The first-order valence-electron chi connectivity index (χ1n) is 9.34. The Morgan fingerprint density at radius 3 is 2.84 bits per heavy atom. The number of thiophene rings is 1. The summed E-state index contributed by atoms with van der Waals surface area (Å²) in [6.07, 6.45) is 5.23. The van der Waals surface area contributed by atoms with Crippen molar-refractivity contribution in [1.82, 2.24) is 20.1 Å². The molecule has 0 aliphatic carbocycles. The van der Waals surface area contributed by atoms with Crippen molar-refractivity contribution in [1.29, 1.82) is 0 Å². The highest BCUT2D eigenvalue weighted by Crippen LogP contribution is 2.21. The number of nitrogen functional groups attached to an aromatic ring is 1. The molecule has 0 spiro atoms. The summed E-state index contributed by atoms with van der Waals surface area (Å²) >= 11 is 1.55. The first-order valence-corrected chi connectivity index (χ1v) is 10.3. The summed E-state index contributed by atoms with van der Waals surface area (Å²) in [4.78, 5) is 16.6. The van der Waals surface area contributed by atoms with Gasteiger partial charge in [0.15, 0.2) is 0 Å². The van der Waals surface area contributed by atoms with Crippen molar-refractivity contribution in [2.24, 2.45) is 7.05 Å². The van der Waals surface area contributed by atoms with E-state index in [1.54, 1.807) is 40.5 Å². The van der Waals surface area contributed by atoms with E-state index in [1.165, 1.54) is 12.1 Å². The van der Waals surface area contributed by atoms with E-state index >= 15 is 0 Å². The number of hydrogen-bond donors (Lipinski definition) is 2. The van der Waals surface area contributed by atoms with Crippen molar-refractivity contribution in [2.45, 2.75) is 6.54 Å². The van der Waals surface area contributed by atoms with E-state index in [4.69, 9.17) is 5.73 Å². The summed E-state index contributed by atoms with van der Waals surface area (Å²) in [5, 5.41) is 10.8. The maximum Gasteiger partial charge on any atom is 0.251 e. The molecule has 0 saturated heterocycles. The number of rotatable bonds is 4. The number of amides is 1. The van der Waals surface area contributed by atoms with Gasteiger partial charge < -0.3 is 11.1 Å². The summed E-state index contributed by atoms with van der Waals surface area (Å²) in [5.74, 6) is 5.18. The molecule has 0 unspecified atom stereocenters. The number of pyridine rings is 1. The first-order chi connectivity index (χ1) is 15.0. The highest BCUT2D eigenvalue weighted by Gasteiger charge is 2.09. The molecule has 1 amide bonds. The van der Waals surface area contributed by atoms with Gasteiger partial charge in [0.05, 0.1) is 11.8 Å². The van der Waals surface area contributed by atoms with Gasteiger partial charge in [-0.15, -0.1) is 0 Å². The molecule has 8 heteroatoms. The minimum Gasteiger partial charge on any atom is -0.383 e. The van der Waals surface area contributed by atoms with Crippen LogP contribution in [0.3, 0.4) is 0 Å². The number of aromatic nitrogens is 3. The van der Waals surface area contributed by atoms with Crippen LogP contribution in [-0.4, -0.2) is 20.7 Å². The molecule has 1 aromatic carbocycles. The van der Waals surface area contributed by atoms with E-state index in [0.717, 1.165) is 16.7 Å². The van der Waals surface area contributed by atoms with Gasteiger partial charge in [-0.1, -0.05) is 11.8 Å². The second-order valence-electron chi connectivity index (χ2n) is 6.85. The molecule has 0 bridgehead atoms. The van der Waals surface area contributed by atoms with Crippen LogP contribution < -0.4 is 11.1 Å². The van der Waals surface area contributed by atoms with Crippen LogP contribution in [-0.2, 0) is 13.6 Å². The molecule has 3 heterocycles. The Morgan fingerprint density at radius 2 is 2.10 bits per heavy atom. The van der Waals surface area contributed by atoms with Gasteiger partial charge in [-0.25, -0.2) is 9.37 Å². The van der Waals surface area contributed by atoms with Gasteiger partial charge in [0.2, 0.25) is 0 Å². The molecule has 3 aromatic heterocycles. The smallest absolute Gasteiger partial charge is 0.251 e. The third-order valence-electron chi connectivity index (χ3n) is 4.49. The molecular formula is C23H18FN5OS. The molecule has 3 N–H and O–H groups in total. The van der Waals surface area contributed by atoms with E-state index in [2.05, 4.69) is 27.2 Å². The van der Waals surface area contributed by atoms with E-state index in [-0.39, 0.29) is 17.3 Å². The molecule has 0 fully saturated rings. The molecule has 6 nitrogen and oxygen atoms in total. The van der Waals surface area contributed by atoms with Crippen LogP contribution in [0.15, 0.2) is 59.7 Å². The molecular weight excluding hydrogens is 413 g/mol. The maximum atomic E-state index is 14.1. The fourth-order valence-electron chi connectivity index (χ4n) is 2.91. The Labute approximate surface area is 182 Å². The van der Waals surface area contributed by atoms with Crippen molar-refractivity contribution >= 4 is 23.1 Å². The van der Waals surface area contributed by atoms with E-state index in [1.807, 2.05) is 30.1 Å². The Balaban J connectivity index is 1.57. The quantitative estimate of drug-likeness (QED) is 0.484. The lowest BCUT2D eigenvalue weighted by molar-refractivity contribution is 0.0950.